The molecule has 0 aliphatic carbocycles. The Morgan fingerprint density at radius 3 is 2.50 bits per heavy atom. The second kappa shape index (κ2) is 4.24. The van der Waals surface area contributed by atoms with Gasteiger partial charge in [0.25, 0.3) is 0 Å². The van der Waals surface area contributed by atoms with Crippen molar-refractivity contribution in [3.63, 3.8) is 0 Å². The van der Waals surface area contributed by atoms with Crippen LogP contribution in [-0.4, -0.2) is 32.2 Å². The van der Waals surface area contributed by atoms with Crippen LogP contribution in [0.4, 0.5) is 0 Å². The Kier molecular flexibility index (Phi) is 3.99. The van der Waals surface area contributed by atoms with Crippen molar-refractivity contribution in [3.8, 4) is 0 Å². The number of nitrogens with one attached hydrogen (secondary N) is 1. The normalized spacial score (nSPS) is 16.0. The van der Waals surface area contributed by atoms with Crippen LogP contribution in [0, 0.1) is 0 Å². The highest BCUT2D eigenvalue weighted by atomic mass is 16.5. The Bertz CT molecular complexity index is 116. The first kappa shape index (κ1) is 9.39. The molecule has 4 heteroatoms. The zero-order valence-corrected chi connectivity index (χ0v) is 6.55. The zero-order valence-electron chi connectivity index (χ0n) is 6.55. The van der Waals surface area contributed by atoms with E-state index < -0.39 is 6.04 Å². The van der Waals surface area contributed by atoms with E-state index in [1.165, 1.54) is 7.11 Å². The van der Waals surface area contributed by atoms with Gasteiger partial charge < -0.3 is 15.8 Å². The van der Waals surface area contributed by atoms with Gasteiger partial charge in [-0.15, -0.1) is 0 Å². The molecule has 0 aromatic heterocycles. The summed E-state index contributed by atoms with van der Waals surface area (Å²) in [4.78, 5) is 10.7. The maximum Gasteiger partial charge on any atom is 0.324 e. The van der Waals surface area contributed by atoms with Crippen molar-refractivity contribution in [2.75, 3.05) is 14.2 Å². The molecule has 0 rings (SSSR count). The summed E-state index contributed by atoms with van der Waals surface area (Å²) in [5.41, 5.74) is 5.44. The molecule has 3 N–H and O–H groups in total. The monoisotopic (exact) mass is 146 g/mol. The van der Waals surface area contributed by atoms with Crippen LogP contribution in [-0.2, 0) is 9.53 Å². The number of likely N-dealkylation sites (N-methyl/N-ethyl adjacent to an activating group) is 1. The van der Waals surface area contributed by atoms with Crippen molar-refractivity contribution in [1.29, 1.82) is 0 Å². The van der Waals surface area contributed by atoms with Crippen LogP contribution >= 0.6 is 0 Å². The predicted octanol–water partition coefficient (Wildman–Crippen LogP) is -0.905. The van der Waals surface area contributed by atoms with Gasteiger partial charge in [0.2, 0.25) is 0 Å². The van der Waals surface area contributed by atoms with Crippen molar-refractivity contribution in [1.82, 2.24) is 5.32 Å². The Labute approximate surface area is 60.7 Å². The van der Waals surface area contributed by atoms with Gasteiger partial charge in [-0.2, -0.15) is 0 Å². The third kappa shape index (κ3) is 2.33. The van der Waals surface area contributed by atoms with Gasteiger partial charge in [0.1, 0.15) is 6.04 Å². The van der Waals surface area contributed by atoms with Gasteiger partial charge in [0, 0.05) is 6.04 Å². The minimum atomic E-state index is -0.574. The van der Waals surface area contributed by atoms with Gasteiger partial charge >= 0.3 is 5.97 Å². The summed E-state index contributed by atoms with van der Waals surface area (Å²) in [6.45, 7) is 1.82. The number of esters is 1. The van der Waals surface area contributed by atoms with E-state index in [0.29, 0.717) is 0 Å². The highest BCUT2D eigenvalue weighted by molar-refractivity contribution is 5.76. The van der Waals surface area contributed by atoms with E-state index in [1.54, 1.807) is 7.05 Å². The van der Waals surface area contributed by atoms with Crippen LogP contribution in [0.25, 0.3) is 0 Å². The molecular formula is C6H14N2O2. The lowest BCUT2D eigenvalue weighted by atomic mass is 10.1. The number of ether oxygens (including phenoxy) is 1. The maximum atomic E-state index is 10.7. The van der Waals surface area contributed by atoms with Crippen LogP contribution in [0.3, 0.4) is 0 Å². The molecule has 0 bridgehead atoms. The van der Waals surface area contributed by atoms with Crippen molar-refractivity contribution < 1.29 is 9.53 Å². The van der Waals surface area contributed by atoms with Gasteiger partial charge in [-0.05, 0) is 14.0 Å². The molecule has 60 valence electrons. The van der Waals surface area contributed by atoms with Gasteiger partial charge in [-0.3, -0.25) is 4.79 Å². The smallest absolute Gasteiger partial charge is 0.324 e. The number of rotatable bonds is 3. The molecule has 4 nitrogen and oxygen atoms in total. The van der Waals surface area contributed by atoms with E-state index >= 15 is 0 Å². The van der Waals surface area contributed by atoms with Crippen molar-refractivity contribution in [3.05, 3.63) is 0 Å². The molecule has 0 amide bonds. The van der Waals surface area contributed by atoms with E-state index in [4.69, 9.17) is 5.73 Å². The zero-order chi connectivity index (χ0) is 8.15. The lowest BCUT2D eigenvalue weighted by molar-refractivity contribution is -0.142. The minimum Gasteiger partial charge on any atom is -0.468 e. The Morgan fingerprint density at radius 2 is 2.20 bits per heavy atom. The molecule has 0 saturated carbocycles. The molecule has 0 heterocycles. The van der Waals surface area contributed by atoms with Crippen LogP contribution in [0.5, 0.6) is 0 Å². The highest BCUT2D eigenvalue weighted by Crippen LogP contribution is 1.90. The molecule has 10 heavy (non-hydrogen) atoms. The fraction of sp³-hybridized carbons (Fsp3) is 0.833. The van der Waals surface area contributed by atoms with Crippen molar-refractivity contribution >= 4 is 5.97 Å². The van der Waals surface area contributed by atoms with Gasteiger partial charge in [0.15, 0.2) is 0 Å². The third-order valence-electron chi connectivity index (χ3n) is 1.47. The Morgan fingerprint density at radius 1 is 1.70 bits per heavy atom. The molecule has 2 atom stereocenters. The number of methoxy groups -OCH3 is 1. The van der Waals surface area contributed by atoms with Gasteiger partial charge in [-0.25, -0.2) is 0 Å². The number of hydrogen-bond donors (Lipinski definition) is 2. The van der Waals surface area contributed by atoms with E-state index in [2.05, 4.69) is 10.1 Å². The number of hydrogen-bond acceptors (Lipinski definition) is 4. The third-order valence-corrected chi connectivity index (χ3v) is 1.47. The standard InChI is InChI=1S/C6H14N2O2/c1-4(8-2)5(7)6(9)10-3/h4-5,8H,7H2,1-3H3. The van der Waals surface area contributed by atoms with Crippen LogP contribution in [0.1, 0.15) is 6.92 Å². The molecule has 2 unspecified atom stereocenters. The van der Waals surface area contributed by atoms with Crippen LogP contribution in [0.15, 0.2) is 0 Å². The first-order valence-corrected chi connectivity index (χ1v) is 3.14. The molecule has 0 spiro atoms. The number of carbonyl (C=O) groups excluding carboxylic acids is 1. The summed E-state index contributed by atoms with van der Waals surface area (Å²) in [6, 6.07) is -0.623. The summed E-state index contributed by atoms with van der Waals surface area (Å²) >= 11 is 0. The lowest BCUT2D eigenvalue weighted by Gasteiger charge is -2.15. The second-order valence-electron chi connectivity index (χ2n) is 2.13. The molecule has 0 fully saturated rings. The summed E-state index contributed by atoms with van der Waals surface area (Å²) in [6.07, 6.45) is 0. The quantitative estimate of drug-likeness (QED) is 0.506. The van der Waals surface area contributed by atoms with E-state index in [9.17, 15) is 4.79 Å². The second-order valence-corrected chi connectivity index (χ2v) is 2.13. The Hall–Kier alpha value is -0.610. The first-order chi connectivity index (χ1) is 4.63. The van der Waals surface area contributed by atoms with Crippen molar-refractivity contribution in [2.45, 2.75) is 19.0 Å². The van der Waals surface area contributed by atoms with Gasteiger partial charge in [-0.1, -0.05) is 0 Å². The molecule has 0 aliphatic heterocycles. The van der Waals surface area contributed by atoms with Crippen LogP contribution in [0.2, 0.25) is 0 Å². The van der Waals surface area contributed by atoms with E-state index in [0.717, 1.165) is 0 Å². The maximum absolute atomic E-state index is 10.7. The summed E-state index contributed by atoms with van der Waals surface area (Å²) in [5.74, 6) is -0.387. The average molecular weight is 146 g/mol. The van der Waals surface area contributed by atoms with Crippen molar-refractivity contribution in [2.24, 2.45) is 5.73 Å². The SMILES string of the molecule is CNC(C)C(N)C(=O)OC. The largest absolute Gasteiger partial charge is 0.468 e. The highest BCUT2D eigenvalue weighted by Gasteiger charge is 2.19. The molecular weight excluding hydrogens is 132 g/mol. The fourth-order valence-electron chi connectivity index (χ4n) is 0.520. The molecule has 0 radical (unpaired) electrons. The lowest BCUT2D eigenvalue weighted by Crippen LogP contribution is -2.47. The predicted molar refractivity (Wildman–Crippen MR) is 38.5 cm³/mol. The fourth-order valence-corrected chi connectivity index (χ4v) is 0.520. The Balaban J connectivity index is 3.81. The molecule has 0 aromatic carbocycles. The first-order valence-electron chi connectivity index (χ1n) is 3.14. The molecule has 0 saturated heterocycles. The molecule has 0 aliphatic rings. The molecule has 0 aromatic rings. The van der Waals surface area contributed by atoms with E-state index in [1.807, 2.05) is 6.92 Å². The van der Waals surface area contributed by atoms with Gasteiger partial charge in [0.05, 0.1) is 7.11 Å². The minimum absolute atomic E-state index is 0.0487. The topological polar surface area (TPSA) is 64.3 Å². The number of carbonyl (C=O) groups is 1. The van der Waals surface area contributed by atoms with Crippen LogP contribution < -0.4 is 11.1 Å². The van der Waals surface area contributed by atoms with E-state index in [-0.39, 0.29) is 12.0 Å². The average Bonchev–Trinajstić information content (AvgIpc) is 2.00. The summed E-state index contributed by atoms with van der Waals surface area (Å²) in [7, 11) is 3.07. The summed E-state index contributed by atoms with van der Waals surface area (Å²) < 4.78 is 4.43. The number of nitrogens with two attached hydrogens (primary N) is 1. The summed E-state index contributed by atoms with van der Waals surface area (Å²) in [5, 5.41) is 2.85.